The molecule has 0 aromatic carbocycles. The maximum Gasteiger partial charge on any atom is 0.575 e. The van der Waals surface area contributed by atoms with Crippen molar-refractivity contribution in [3.05, 3.63) is 12.5 Å². The zero-order valence-corrected chi connectivity index (χ0v) is 9.87. The van der Waals surface area contributed by atoms with Gasteiger partial charge in [-0.05, 0) is 6.58 Å². The van der Waals surface area contributed by atoms with Crippen LogP contribution in [0.15, 0.2) is 12.5 Å². The topological polar surface area (TPSA) is 29.1 Å². The molecule has 1 radical (unpaired) electrons. The first-order valence-electron chi connectivity index (χ1n) is 1.53. The van der Waals surface area contributed by atoms with Crippen LogP contribution >= 0.6 is 0 Å². The molecule has 57 valence electrons. The summed E-state index contributed by atoms with van der Waals surface area (Å²) < 4.78 is 35.2. The number of hydrogen-bond acceptors (Lipinski definition) is 1. The molecule has 0 aliphatic rings. The van der Waals surface area contributed by atoms with Crippen LogP contribution in [0.1, 0.15) is 0 Å². The van der Waals surface area contributed by atoms with Crippen molar-refractivity contribution in [3.63, 3.8) is 0 Å². The Morgan fingerprint density at radius 1 is 1.40 bits per heavy atom. The van der Waals surface area contributed by atoms with Crippen molar-refractivity contribution in [2.24, 2.45) is 0 Å². The fraction of sp³-hybridized carbons (Fsp3) is 0.333. The molecule has 0 rings (SSSR count). The molecule has 0 aromatic heterocycles. The SMILES string of the molecule is C=C([O])OC(F)(F)F.[I-].[Zn]. The molecular weight excluding hydrogens is 317 g/mol. The van der Waals surface area contributed by atoms with Gasteiger partial charge in [0, 0.05) is 19.5 Å². The van der Waals surface area contributed by atoms with Crippen LogP contribution in [0.5, 0.6) is 0 Å². The van der Waals surface area contributed by atoms with Crippen molar-refractivity contribution in [1.82, 2.24) is 0 Å². The minimum absolute atomic E-state index is 0. The third-order valence-corrected chi connectivity index (χ3v) is 0.230. The number of ether oxygens (including phenoxy) is 1. The van der Waals surface area contributed by atoms with Gasteiger partial charge in [-0.2, -0.15) is 0 Å². The first kappa shape index (κ1) is 16.8. The first-order chi connectivity index (χ1) is 3.42. The second-order valence-corrected chi connectivity index (χ2v) is 0.920. The molecule has 0 saturated carbocycles. The molecule has 0 unspecified atom stereocenters. The summed E-state index contributed by atoms with van der Waals surface area (Å²) in [6.07, 6.45) is -4.89. The Labute approximate surface area is 85.2 Å². The molecule has 0 amide bonds. The van der Waals surface area contributed by atoms with Gasteiger partial charge in [-0.25, -0.2) is 5.11 Å². The Bertz CT molecular complexity index is 104. The molecule has 0 atom stereocenters. The van der Waals surface area contributed by atoms with Crippen LogP contribution < -0.4 is 24.0 Å². The quantitative estimate of drug-likeness (QED) is 0.326. The van der Waals surface area contributed by atoms with E-state index in [-0.39, 0.29) is 43.5 Å². The molecule has 0 N–H and O–H groups in total. The third-order valence-electron chi connectivity index (χ3n) is 0.230. The maximum absolute atomic E-state index is 10.8. The summed E-state index contributed by atoms with van der Waals surface area (Å²) in [5.74, 6) is -1.60. The Balaban J connectivity index is -0.000000245. The largest absolute Gasteiger partial charge is 1.00 e. The van der Waals surface area contributed by atoms with Crippen molar-refractivity contribution in [2.45, 2.75) is 6.36 Å². The summed E-state index contributed by atoms with van der Waals surface area (Å²) in [5, 5.41) is 9.41. The van der Waals surface area contributed by atoms with Gasteiger partial charge in [0.1, 0.15) is 0 Å². The fourth-order valence-corrected chi connectivity index (χ4v) is 0.129. The van der Waals surface area contributed by atoms with Gasteiger partial charge >= 0.3 is 12.3 Å². The molecule has 2 nitrogen and oxygen atoms in total. The second kappa shape index (κ2) is 6.21. The number of rotatable bonds is 1. The average molecular weight is 319 g/mol. The summed E-state index contributed by atoms with van der Waals surface area (Å²) >= 11 is 0. The van der Waals surface area contributed by atoms with Crippen molar-refractivity contribution < 1.29 is 66.5 Å². The maximum atomic E-state index is 10.8. The van der Waals surface area contributed by atoms with E-state index in [2.05, 4.69) is 11.3 Å². The van der Waals surface area contributed by atoms with E-state index in [9.17, 15) is 18.3 Å². The van der Waals surface area contributed by atoms with Crippen LogP contribution in [0.3, 0.4) is 0 Å². The van der Waals surface area contributed by atoms with E-state index in [1.165, 1.54) is 0 Å². The average Bonchev–Trinajstić information content (AvgIpc) is 1.21. The van der Waals surface area contributed by atoms with Gasteiger partial charge in [0.05, 0.1) is 0 Å². The zero-order chi connectivity index (χ0) is 6.78. The first-order valence-corrected chi connectivity index (χ1v) is 1.53. The number of alkyl halides is 3. The van der Waals surface area contributed by atoms with E-state index >= 15 is 0 Å². The summed E-state index contributed by atoms with van der Waals surface area (Å²) in [6, 6.07) is 0. The van der Waals surface area contributed by atoms with E-state index < -0.39 is 12.3 Å². The molecule has 7 heteroatoms. The van der Waals surface area contributed by atoms with Crippen LogP contribution in [0.4, 0.5) is 13.2 Å². The predicted molar refractivity (Wildman–Crippen MR) is 17.0 cm³/mol. The van der Waals surface area contributed by atoms with Crippen LogP contribution in [0, 0.1) is 0 Å². The van der Waals surface area contributed by atoms with Gasteiger partial charge < -0.3 is 28.7 Å². The van der Waals surface area contributed by atoms with Crippen molar-refractivity contribution in [3.8, 4) is 0 Å². The van der Waals surface area contributed by atoms with Gasteiger partial charge in [-0.15, -0.1) is 13.2 Å². The van der Waals surface area contributed by atoms with Crippen molar-refractivity contribution in [1.29, 1.82) is 0 Å². The Morgan fingerprint density at radius 3 is 1.70 bits per heavy atom. The number of halogens is 4. The summed E-state index contributed by atoms with van der Waals surface area (Å²) in [5.41, 5.74) is 0. The van der Waals surface area contributed by atoms with Gasteiger partial charge in [-0.3, -0.25) is 0 Å². The van der Waals surface area contributed by atoms with Crippen LogP contribution in [0.25, 0.3) is 0 Å². The van der Waals surface area contributed by atoms with E-state index in [0.29, 0.717) is 0 Å². The molecule has 0 bridgehead atoms. The molecule has 0 aliphatic carbocycles. The normalized spacial score (nSPS) is 8.70. The predicted octanol–water partition coefficient (Wildman–Crippen LogP) is -1.57. The van der Waals surface area contributed by atoms with Gasteiger partial charge in [0.25, 0.3) is 0 Å². The molecule has 0 fully saturated rings. The van der Waals surface area contributed by atoms with Crippen LogP contribution in [0.2, 0.25) is 0 Å². The molecule has 0 aromatic rings. The smallest absolute Gasteiger partial charge is 0.575 e. The van der Waals surface area contributed by atoms with E-state index in [1.807, 2.05) is 0 Å². The van der Waals surface area contributed by atoms with E-state index in [4.69, 9.17) is 0 Å². The Hall–Kier alpha value is 0.483. The minimum Gasteiger partial charge on any atom is -1.00 e. The summed E-state index contributed by atoms with van der Waals surface area (Å²) in [7, 11) is 0. The molecule has 0 spiro atoms. The summed E-state index contributed by atoms with van der Waals surface area (Å²) in [6.45, 7) is 2.34. The molecular formula is C3H2F3IO2Zn-. The second-order valence-electron chi connectivity index (χ2n) is 0.920. The Kier molecular flexibility index (Phi) is 10.5. The standard InChI is InChI=1S/C3H2F3O2.HI.Zn/c1-2(7)8-3(4,5)6;;/h1H2;1H;/p-1. The third kappa shape index (κ3) is 15.8. The minimum atomic E-state index is -4.89. The van der Waals surface area contributed by atoms with Gasteiger partial charge in [-0.1, -0.05) is 0 Å². The van der Waals surface area contributed by atoms with Crippen LogP contribution in [-0.2, 0) is 29.3 Å². The summed E-state index contributed by atoms with van der Waals surface area (Å²) in [4.78, 5) is 0. The van der Waals surface area contributed by atoms with Crippen molar-refractivity contribution in [2.75, 3.05) is 0 Å². The van der Waals surface area contributed by atoms with Gasteiger partial charge in [0.2, 0.25) is 0 Å². The van der Waals surface area contributed by atoms with E-state index in [0.717, 1.165) is 0 Å². The molecule has 10 heavy (non-hydrogen) atoms. The van der Waals surface area contributed by atoms with E-state index in [1.54, 1.807) is 0 Å². The number of hydrogen-bond donors (Lipinski definition) is 0. The Morgan fingerprint density at radius 2 is 1.70 bits per heavy atom. The molecule has 0 saturated heterocycles. The zero-order valence-electron chi connectivity index (χ0n) is 4.74. The fourth-order valence-electron chi connectivity index (χ4n) is 0.129. The molecule has 0 heterocycles. The monoisotopic (exact) mass is 318 g/mol. The van der Waals surface area contributed by atoms with Crippen molar-refractivity contribution >= 4 is 0 Å². The van der Waals surface area contributed by atoms with Gasteiger partial charge in [0.15, 0.2) is 0 Å². The molecule has 0 aliphatic heterocycles. The van der Waals surface area contributed by atoms with Crippen LogP contribution in [-0.4, -0.2) is 6.36 Å².